The zero-order chi connectivity index (χ0) is 13.0. The Kier molecular flexibility index (Phi) is 4.97. The summed E-state index contributed by atoms with van der Waals surface area (Å²) >= 11 is 0. The van der Waals surface area contributed by atoms with Crippen molar-refractivity contribution in [3.8, 4) is 0 Å². The van der Waals surface area contributed by atoms with Crippen molar-refractivity contribution in [2.24, 2.45) is 11.8 Å². The van der Waals surface area contributed by atoms with Gasteiger partial charge < -0.3 is 20.5 Å². The molecular weight excluding hydrogens is 232 g/mol. The molecular formula is C13H24N2O3. The van der Waals surface area contributed by atoms with E-state index in [1.807, 2.05) is 0 Å². The van der Waals surface area contributed by atoms with Crippen LogP contribution in [-0.2, 0) is 9.53 Å². The van der Waals surface area contributed by atoms with Crippen LogP contribution >= 0.6 is 0 Å². The Morgan fingerprint density at radius 1 is 1.44 bits per heavy atom. The Morgan fingerprint density at radius 3 is 2.89 bits per heavy atom. The summed E-state index contributed by atoms with van der Waals surface area (Å²) in [5, 5.41) is 15.9. The van der Waals surface area contributed by atoms with Gasteiger partial charge in [-0.3, -0.25) is 4.79 Å². The van der Waals surface area contributed by atoms with Crippen molar-refractivity contribution in [3.63, 3.8) is 0 Å². The fourth-order valence-corrected chi connectivity index (χ4v) is 2.33. The van der Waals surface area contributed by atoms with Crippen LogP contribution in [0.25, 0.3) is 0 Å². The molecule has 2 aliphatic rings. The van der Waals surface area contributed by atoms with Crippen LogP contribution in [0.1, 0.15) is 26.2 Å². The first-order valence-electron chi connectivity index (χ1n) is 6.99. The Balaban J connectivity index is 1.72. The Hall–Kier alpha value is -0.650. The Labute approximate surface area is 108 Å². The third-order valence-electron chi connectivity index (χ3n) is 3.73. The summed E-state index contributed by atoms with van der Waals surface area (Å²) in [5.74, 6) is 0.280. The van der Waals surface area contributed by atoms with Crippen molar-refractivity contribution < 1.29 is 14.6 Å². The first kappa shape index (κ1) is 13.8. The molecule has 1 heterocycles. The number of amides is 1. The van der Waals surface area contributed by atoms with E-state index in [-0.39, 0.29) is 24.0 Å². The minimum atomic E-state index is -0.377. The first-order chi connectivity index (χ1) is 8.72. The van der Waals surface area contributed by atoms with Gasteiger partial charge in [0.15, 0.2) is 0 Å². The molecule has 0 radical (unpaired) electrons. The maximum atomic E-state index is 12.0. The van der Waals surface area contributed by atoms with Crippen molar-refractivity contribution in [2.45, 2.75) is 38.3 Å². The lowest BCUT2D eigenvalue weighted by Gasteiger charge is -2.19. The second-order valence-electron chi connectivity index (χ2n) is 5.35. The molecule has 1 aliphatic carbocycles. The van der Waals surface area contributed by atoms with Crippen LogP contribution in [0, 0.1) is 11.8 Å². The third-order valence-corrected chi connectivity index (χ3v) is 3.73. The molecule has 0 aromatic heterocycles. The molecule has 1 amide bonds. The van der Waals surface area contributed by atoms with Gasteiger partial charge in [-0.25, -0.2) is 0 Å². The summed E-state index contributed by atoms with van der Waals surface area (Å²) in [6, 6.07) is 0.114. The largest absolute Gasteiger partial charge is 0.391 e. The molecule has 1 saturated carbocycles. The zero-order valence-electron chi connectivity index (χ0n) is 11.0. The second kappa shape index (κ2) is 6.50. The Morgan fingerprint density at radius 2 is 2.22 bits per heavy atom. The van der Waals surface area contributed by atoms with Gasteiger partial charge >= 0.3 is 0 Å². The summed E-state index contributed by atoms with van der Waals surface area (Å²) < 4.78 is 5.37. The molecule has 0 aromatic rings. The molecule has 104 valence electrons. The number of carbonyl (C=O) groups is 1. The minimum Gasteiger partial charge on any atom is -0.391 e. The summed E-state index contributed by atoms with van der Waals surface area (Å²) in [5.41, 5.74) is 0. The monoisotopic (exact) mass is 256 g/mol. The highest BCUT2D eigenvalue weighted by Crippen LogP contribution is 2.32. The highest BCUT2D eigenvalue weighted by atomic mass is 16.5. The number of ether oxygens (including phenoxy) is 1. The molecule has 0 aromatic carbocycles. The number of nitrogens with one attached hydrogen (secondary N) is 2. The standard InChI is InChI=1S/C13H24N2O3/c1-2-5-14-11-8-18-7-10(11)13(17)15-6-12(16)9-3-4-9/h9-12,14,16H,2-8H2,1H3,(H,15,17). The van der Waals surface area contributed by atoms with Gasteiger partial charge in [0.05, 0.1) is 25.2 Å². The molecule has 2 fully saturated rings. The molecule has 18 heavy (non-hydrogen) atoms. The first-order valence-corrected chi connectivity index (χ1v) is 6.99. The van der Waals surface area contributed by atoms with Gasteiger partial charge in [-0.2, -0.15) is 0 Å². The number of hydrogen-bond acceptors (Lipinski definition) is 4. The highest BCUT2D eigenvalue weighted by molar-refractivity contribution is 5.79. The molecule has 3 unspecified atom stereocenters. The van der Waals surface area contributed by atoms with Crippen molar-refractivity contribution in [2.75, 3.05) is 26.3 Å². The van der Waals surface area contributed by atoms with E-state index in [0.29, 0.717) is 25.7 Å². The van der Waals surface area contributed by atoms with Gasteiger partial charge in [0.25, 0.3) is 0 Å². The number of aliphatic hydroxyl groups excluding tert-OH is 1. The van der Waals surface area contributed by atoms with Gasteiger partial charge in [0.2, 0.25) is 5.91 Å². The lowest BCUT2D eigenvalue weighted by atomic mass is 10.0. The fraction of sp³-hybridized carbons (Fsp3) is 0.923. The number of rotatable bonds is 7. The zero-order valence-corrected chi connectivity index (χ0v) is 11.0. The molecule has 0 bridgehead atoms. The smallest absolute Gasteiger partial charge is 0.227 e. The van der Waals surface area contributed by atoms with Crippen LogP contribution < -0.4 is 10.6 Å². The molecule has 1 saturated heterocycles. The molecule has 5 heteroatoms. The Bertz CT molecular complexity index is 281. The average molecular weight is 256 g/mol. The topological polar surface area (TPSA) is 70.6 Å². The van der Waals surface area contributed by atoms with Crippen LogP contribution in [-0.4, -0.2) is 49.5 Å². The van der Waals surface area contributed by atoms with Crippen LogP contribution in [0.4, 0.5) is 0 Å². The van der Waals surface area contributed by atoms with Gasteiger partial charge in [-0.05, 0) is 31.7 Å². The van der Waals surface area contributed by atoms with E-state index in [1.54, 1.807) is 0 Å². The lowest BCUT2D eigenvalue weighted by molar-refractivity contribution is -0.126. The predicted octanol–water partition coefficient (Wildman–Crippen LogP) is -0.112. The van der Waals surface area contributed by atoms with Crippen LogP contribution in [0.5, 0.6) is 0 Å². The summed E-state index contributed by atoms with van der Waals surface area (Å²) in [4.78, 5) is 12.0. The van der Waals surface area contributed by atoms with Gasteiger partial charge in [0, 0.05) is 12.6 Å². The van der Waals surface area contributed by atoms with Crippen LogP contribution in [0.3, 0.4) is 0 Å². The molecule has 3 N–H and O–H groups in total. The van der Waals surface area contributed by atoms with E-state index in [4.69, 9.17) is 4.74 Å². The summed E-state index contributed by atoms with van der Waals surface area (Å²) in [6.45, 7) is 4.46. The summed E-state index contributed by atoms with van der Waals surface area (Å²) in [7, 11) is 0. The molecule has 3 atom stereocenters. The normalized spacial score (nSPS) is 29.2. The fourth-order valence-electron chi connectivity index (χ4n) is 2.33. The van der Waals surface area contributed by atoms with Gasteiger partial charge in [-0.1, -0.05) is 6.92 Å². The van der Waals surface area contributed by atoms with Gasteiger partial charge in [0.1, 0.15) is 0 Å². The summed E-state index contributed by atoms with van der Waals surface area (Å²) in [6.07, 6.45) is 2.85. The molecule has 5 nitrogen and oxygen atoms in total. The maximum Gasteiger partial charge on any atom is 0.227 e. The third kappa shape index (κ3) is 3.67. The van der Waals surface area contributed by atoms with E-state index < -0.39 is 0 Å². The van der Waals surface area contributed by atoms with Crippen molar-refractivity contribution in [3.05, 3.63) is 0 Å². The molecule has 2 rings (SSSR count). The SMILES string of the molecule is CCCNC1COCC1C(=O)NCC(O)C1CC1. The lowest BCUT2D eigenvalue weighted by Crippen LogP contribution is -2.46. The maximum absolute atomic E-state index is 12.0. The number of aliphatic hydroxyl groups is 1. The average Bonchev–Trinajstić information content (AvgIpc) is 3.12. The highest BCUT2D eigenvalue weighted by Gasteiger charge is 2.35. The predicted molar refractivity (Wildman–Crippen MR) is 68.1 cm³/mol. The number of carbonyl (C=O) groups excluding carboxylic acids is 1. The minimum absolute atomic E-state index is 0.000744. The van der Waals surface area contributed by atoms with Crippen molar-refractivity contribution >= 4 is 5.91 Å². The van der Waals surface area contributed by atoms with Crippen LogP contribution in [0.15, 0.2) is 0 Å². The van der Waals surface area contributed by atoms with E-state index in [0.717, 1.165) is 25.8 Å². The van der Waals surface area contributed by atoms with E-state index in [1.165, 1.54) is 0 Å². The number of hydrogen-bond donors (Lipinski definition) is 3. The van der Waals surface area contributed by atoms with Crippen molar-refractivity contribution in [1.82, 2.24) is 10.6 Å². The van der Waals surface area contributed by atoms with E-state index in [9.17, 15) is 9.90 Å². The molecule has 0 spiro atoms. The van der Waals surface area contributed by atoms with Gasteiger partial charge in [-0.15, -0.1) is 0 Å². The molecule has 1 aliphatic heterocycles. The second-order valence-corrected chi connectivity index (χ2v) is 5.35. The quantitative estimate of drug-likeness (QED) is 0.594. The van der Waals surface area contributed by atoms with Crippen LogP contribution in [0.2, 0.25) is 0 Å². The van der Waals surface area contributed by atoms with Crippen molar-refractivity contribution in [1.29, 1.82) is 0 Å². The van der Waals surface area contributed by atoms with E-state index >= 15 is 0 Å². The van der Waals surface area contributed by atoms with E-state index in [2.05, 4.69) is 17.6 Å².